The Morgan fingerprint density at radius 3 is 2.21 bits per heavy atom. The number of aromatic amines is 1. The van der Waals surface area contributed by atoms with E-state index in [1.807, 2.05) is 18.7 Å². The fourth-order valence-electron chi connectivity index (χ4n) is 0.734. The van der Waals surface area contributed by atoms with Crippen molar-refractivity contribution >= 4 is 7.25 Å². The van der Waals surface area contributed by atoms with Crippen molar-refractivity contribution in [1.82, 2.24) is 4.98 Å². The third kappa shape index (κ3) is 11.0. The average Bonchev–Trinajstić information content (AvgIpc) is 2.49. The molecule has 3 nitrogen and oxygen atoms in total. The molecule has 0 aliphatic carbocycles. The highest BCUT2D eigenvalue weighted by atomic mass is 19.5. The summed E-state index contributed by atoms with van der Waals surface area (Å²) in [4.78, 5) is 2.96. The van der Waals surface area contributed by atoms with E-state index < -0.39 is 7.25 Å². The number of imidazole rings is 1. The number of nitrogens with two attached hydrogens (primary N) is 1. The van der Waals surface area contributed by atoms with Gasteiger partial charge < -0.3 is 23.0 Å². The maximum Gasteiger partial charge on any atom is 0.673 e. The number of H-pyrrole nitrogens is 1. The molecular weight excluding hydrogens is 201 g/mol. The van der Waals surface area contributed by atoms with Crippen molar-refractivity contribution in [3.8, 4) is 0 Å². The second kappa shape index (κ2) is 6.42. The number of nitrogens with zero attached hydrogens (tertiary/aromatic N) is 1. The summed E-state index contributed by atoms with van der Waals surface area (Å²) in [6.45, 7) is 1.78. The van der Waals surface area contributed by atoms with Gasteiger partial charge in [-0.2, -0.15) is 0 Å². The molecule has 3 N–H and O–H groups in total. The van der Waals surface area contributed by atoms with Gasteiger partial charge >= 0.3 is 7.25 Å². The predicted molar refractivity (Wildman–Crippen MR) is 44.8 cm³/mol. The van der Waals surface area contributed by atoms with Crippen LogP contribution in [0.25, 0.3) is 0 Å². The number of hydrogen-bond acceptors (Lipinski definition) is 1. The summed E-state index contributed by atoms with van der Waals surface area (Å²) in [5, 5.41) is 0. The molecule has 14 heavy (non-hydrogen) atoms. The average molecular weight is 213 g/mol. The van der Waals surface area contributed by atoms with E-state index in [0.717, 1.165) is 19.5 Å². The molecule has 0 unspecified atom stereocenters. The van der Waals surface area contributed by atoms with Crippen LogP contribution >= 0.6 is 0 Å². The van der Waals surface area contributed by atoms with Crippen LogP contribution in [0.15, 0.2) is 18.7 Å². The van der Waals surface area contributed by atoms with Gasteiger partial charge in [-0.1, -0.05) is 0 Å². The minimum atomic E-state index is -6.00. The van der Waals surface area contributed by atoms with Gasteiger partial charge in [-0.25, -0.2) is 4.57 Å². The summed E-state index contributed by atoms with van der Waals surface area (Å²) >= 11 is 0. The van der Waals surface area contributed by atoms with Gasteiger partial charge in [-0.15, -0.1) is 0 Å². The zero-order valence-electron chi connectivity index (χ0n) is 7.47. The molecule has 1 aromatic heterocycles. The standard InChI is InChI=1S/C6H11N3.BF4/c7-2-1-4-9-5-3-8-6-9;2-1(3,4)5/h3,5-6H,1-2,4,7H2;/q;-1/p+1. The summed E-state index contributed by atoms with van der Waals surface area (Å²) in [6.07, 6.45) is 6.87. The molecule has 0 saturated carbocycles. The number of aryl methyl sites for hydroxylation is 1. The van der Waals surface area contributed by atoms with Crippen molar-refractivity contribution in [2.24, 2.45) is 5.73 Å². The molecule has 1 rings (SSSR count). The van der Waals surface area contributed by atoms with E-state index in [0.29, 0.717) is 0 Å². The Hall–Kier alpha value is -1.05. The lowest BCUT2D eigenvalue weighted by atomic mass is 10.3. The van der Waals surface area contributed by atoms with E-state index >= 15 is 0 Å². The number of aromatic nitrogens is 2. The van der Waals surface area contributed by atoms with Gasteiger partial charge in [0.15, 0.2) is 0 Å². The van der Waals surface area contributed by atoms with Gasteiger partial charge in [0.1, 0.15) is 12.4 Å². The van der Waals surface area contributed by atoms with Crippen molar-refractivity contribution in [2.75, 3.05) is 6.54 Å². The minimum Gasteiger partial charge on any atom is -0.418 e. The summed E-state index contributed by atoms with van der Waals surface area (Å²) in [5.74, 6) is 0. The molecule has 0 aromatic carbocycles. The Kier molecular flexibility index (Phi) is 5.94. The van der Waals surface area contributed by atoms with Crippen molar-refractivity contribution in [1.29, 1.82) is 0 Å². The fourth-order valence-corrected chi connectivity index (χ4v) is 0.734. The Morgan fingerprint density at radius 1 is 1.29 bits per heavy atom. The number of hydrogen-bond donors (Lipinski definition) is 2. The quantitative estimate of drug-likeness (QED) is 0.438. The first-order chi connectivity index (χ1) is 6.43. The van der Waals surface area contributed by atoms with E-state index in [2.05, 4.69) is 9.55 Å². The van der Waals surface area contributed by atoms with Gasteiger partial charge in [0.2, 0.25) is 6.33 Å². The maximum atomic E-state index is 9.75. The normalized spacial score (nSPS) is 10.6. The van der Waals surface area contributed by atoms with Gasteiger partial charge in [0.25, 0.3) is 0 Å². The first-order valence-electron chi connectivity index (χ1n) is 4.02. The lowest BCUT2D eigenvalue weighted by molar-refractivity contribution is -0.695. The van der Waals surface area contributed by atoms with Gasteiger partial charge in [0, 0.05) is 0 Å². The molecule has 0 fully saturated rings. The lowest BCUT2D eigenvalue weighted by Gasteiger charge is -1.94. The van der Waals surface area contributed by atoms with Crippen LogP contribution < -0.4 is 10.3 Å². The monoisotopic (exact) mass is 213 g/mol. The van der Waals surface area contributed by atoms with Crippen LogP contribution in [0.2, 0.25) is 0 Å². The highest BCUT2D eigenvalue weighted by Crippen LogP contribution is 2.06. The minimum absolute atomic E-state index is 0.762. The van der Waals surface area contributed by atoms with Crippen LogP contribution in [0.4, 0.5) is 17.3 Å². The Morgan fingerprint density at radius 2 is 1.86 bits per heavy atom. The number of nitrogens with one attached hydrogen (secondary N) is 1. The Labute approximate surface area is 79.0 Å². The molecule has 0 bridgehead atoms. The smallest absolute Gasteiger partial charge is 0.418 e. The Balaban J connectivity index is 0.000000292. The van der Waals surface area contributed by atoms with Crippen molar-refractivity contribution in [3.05, 3.63) is 18.7 Å². The van der Waals surface area contributed by atoms with Crippen LogP contribution in [0.5, 0.6) is 0 Å². The zero-order chi connectivity index (χ0) is 11.0. The highest BCUT2D eigenvalue weighted by Gasteiger charge is 2.20. The zero-order valence-corrected chi connectivity index (χ0v) is 7.47. The van der Waals surface area contributed by atoms with Crippen LogP contribution in [0.3, 0.4) is 0 Å². The molecular formula is C6H12BF4N3. The van der Waals surface area contributed by atoms with Crippen molar-refractivity contribution < 1.29 is 21.8 Å². The second-order valence-corrected chi connectivity index (χ2v) is 2.49. The van der Waals surface area contributed by atoms with Crippen molar-refractivity contribution in [3.63, 3.8) is 0 Å². The molecule has 0 saturated heterocycles. The summed E-state index contributed by atoms with van der Waals surface area (Å²) in [5.41, 5.74) is 5.32. The molecule has 8 heteroatoms. The highest BCUT2D eigenvalue weighted by molar-refractivity contribution is 6.50. The predicted octanol–water partition coefficient (Wildman–Crippen LogP) is 0.951. The molecule has 0 atom stereocenters. The topological polar surface area (TPSA) is 45.7 Å². The Bertz CT molecular complexity index is 217. The van der Waals surface area contributed by atoms with Crippen molar-refractivity contribution in [2.45, 2.75) is 13.0 Å². The van der Waals surface area contributed by atoms with Gasteiger partial charge in [-0.05, 0) is 13.0 Å². The SMILES string of the molecule is F[B-](F)(F)F.NCCC[n+]1cc[nH]c1. The number of halogens is 4. The molecule has 0 radical (unpaired) electrons. The van der Waals surface area contributed by atoms with Gasteiger partial charge in [0.05, 0.1) is 6.54 Å². The first kappa shape index (κ1) is 13.0. The van der Waals surface area contributed by atoms with E-state index in [9.17, 15) is 17.3 Å². The largest absolute Gasteiger partial charge is 0.673 e. The van der Waals surface area contributed by atoms with Crippen LogP contribution in [-0.4, -0.2) is 18.8 Å². The molecule has 0 aliphatic heterocycles. The fraction of sp³-hybridized carbons (Fsp3) is 0.500. The lowest BCUT2D eigenvalue weighted by Crippen LogP contribution is -2.31. The molecule has 1 aromatic rings. The number of rotatable bonds is 3. The van der Waals surface area contributed by atoms with Crippen LogP contribution in [0.1, 0.15) is 6.42 Å². The van der Waals surface area contributed by atoms with Gasteiger partial charge in [-0.3, -0.25) is 4.98 Å². The van der Waals surface area contributed by atoms with Crippen LogP contribution in [-0.2, 0) is 6.54 Å². The third-order valence-electron chi connectivity index (χ3n) is 1.22. The maximum absolute atomic E-state index is 9.75. The summed E-state index contributed by atoms with van der Waals surface area (Å²) in [7, 11) is -6.00. The molecule has 0 aliphatic rings. The molecule has 1 heterocycles. The summed E-state index contributed by atoms with van der Waals surface area (Å²) < 4.78 is 41.1. The molecule has 0 amide bonds. The summed E-state index contributed by atoms with van der Waals surface area (Å²) in [6, 6.07) is 0. The molecule has 82 valence electrons. The van der Waals surface area contributed by atoms with E-state index in [4.69, 9.17) is 5.73 Å². The van der Waals surface area contributed by atoms with E-state index in [-0.39, 0.29) is 0 Å². The van der Waals surface area contributed by atoms with E-state index in [1.54, 1.807) is 0 Å². The first-order valence-corrected chi connectivity index (χ1v) is 4.02. The molecule has 0 spiro atoms. The van der Waals surface area contributed by atoms with Crippen LogP contribution in [0, 0.1) is 0 Å². The third-order valence-corrected chi connectivity index (χ3v) is 1.22. The second-order valence-electron chi connectivity index (χ2n) is 2.49. The van der Waals surface area contributed by atoms with E-state index in [1.165, 1.54) is 0 Å².